The Bertz CT molecular complexity index is 132. The van der Waals surface area contributed by atoms with E-state index in [4.69, 9.17) is 9.84 Å². The number of rotatable bonds is 7. The van der Waals surface area contributed by atoms with Crippen LogP contribution in [0.15, 0.2) is 0 Å². The summed E-state index contributed by atoms with van der Waals surface area (Å²) in [6.07, 6.45) is 1.96. The molecule has 0 rings (SSSR count). The van der Waals surface area contributed by atoms with E-state index in [1.165, 1.54) is 0 Å². The summed E-state index contributed by atoms with van der Waals surface area (Å²) in [5, 5.41) is 12.3. The molecule has 0 saturated heterocycles. The van der Waals surface area contributed by atoms with Crippen molar-refractivity contribution in [3.63, 3.8) is 0 Å². The minimum absolute atomic E-state index is 0.0786. The van der Waals surface area contributed by atoms with Gasteiger partial charge in [-0.25, -0.2) is 0 Å². The minimum Gasteiger partial charge on any atom is -0.395 e. The smallest absolute Gasteiger partial charge is 0.0598 e. The number of nitrogens with one attached hydrogen (secondary N) is 1. The molecule has 0 fully saturated rings. The average Bonchev–Trinajstić information content (AvgIpc) is 2.09. The zero-order valence-electron chi connectivity index (χ0n) is 9.97. The predicted molar refractivity (Wildman–Crippen MR) is 59.5 cm³/mol. The fourth-order valence-electron chi connectivity index (χ4n) is 1.11. The van der Waals surface area contributed by atoms with Crippen LogP contribution < -0.4 is 5.32 Å². The van der Waals surface area contributed by atoms with Crippen molar-refractivity contribution < 1.29 is 9.84 Å². The van der Waals surface area contributed by atoms with E-state index in [1.54, 1.807) is 0 Å². The molecule has 0 aliphatic carbocycles. The summed E-state index contributed by atoms with van der Waals surface area (Å²) >= 11 is 0. The van der Waals surface area contributed by atoms with Crippen LogP contribution in [0, 0.1) is 0 Å². The van der Waals surface area contributed by atoms with E-state index in [2.05, 4.69) is 12.2 Å². The highest BCUT2D eigenvalue weighted by molar-refractivity contribution is 4.66. The molecule has 0 spiro atoms. The molecule has 0 saturated carbocycles. The van der Waals surface area contributed by atoms with Gasteiger partial charge < -0.3 is 15.2 Å². The number of aliphatic hydroxyl groups is 1. The Hall–Kier alpha value is -0.120. The summed E-state index contributed by atoms with van der Waals surface area (Å²) in [7, 11) is 0. The van der Waals surface area contributed by atoms with Crippen LogP contribution in [-0.4, -0.2) is 36.5 Å². The normalized spacial score (nSPS) is 14.4. The first kappa shape index (κ1) is 13.9. The maximum atomic E-state index is 9.06. The van der Waals surface area contributed by atoms with Gasteiger partial charge in [0.05, 0.1) is 12.2 Å². The summed E-state index contributed by atoms with van der Waals surface area (Å²) in [6.45, 7) is 10.1. The average molecular weight is 203 g/mol. The van der Waals surface area contributed by atoms with Crippen molar-refractivity contribution >= 4 is 0 Å². The van der Waals surface area contributed by atoms with Gasteiger partial charge in [-0.05, 0) is 40.2 Å². The Kier molecular flexibility index (Phi) is 7.15. The van der Waals surface area contributed by atoms with E-state index >= 15 is 0 Å². The Morgan fingerprint density at radius 1 is 1.36 bits per heavy atom. The number of hydrogen-bond donors (Lipinski definition) is 2. The molecular formula is C11H25NO2. The van der Waals surface area contributed by atoms with Gasteiger partial charge in [-0.2, -0.15) is 0 Å². The summed E-state index contributed by atoms with van der Waals surface area (Å²) in [4.78, 5) is 0. The van der Waals surface area contributed by atoms with Gasteiger partial charge in [0.2, 0.25) is 0 Å². The number of hydrogen-bond acceptors (Lipinski definition) is 3. The highest BCUT2D eigenvalue weighted by Gasteiger charge is 2.11. The predicted octanol–water partition coefficient (Wildman–Crippen LogP) is 1.55. The molecule has 0 aliphatic rings. The summed E-state index contributed by atoms with van der Waals surface area (Å²) in [6, 6.07) is 0.178. The highest BCUT2D eigenvalue weighted by Crippen LogP contribution is 2.07. The Morgan fingerprint density at radius 3 is 2.43 bits per heavy atom. The van der Waals surface area contributed by atoms with Gasteiger partial charge >= 0.3 is 0 Å². The summed E-state index contributed by atoms with van der Waals surface area (Å²) < 4.78 is 5.59. The third-order valence-corrected chi connectivity index (χ3v) is 1.90. The van der Waals surface area contributed by atoms with Gasteiger partial charge in [0.25, 0.3) is 0 Å². The lowest BCUT2D eigenvalue weighted by molar-refractivity contribution is -0.00921. The largest absolute Gasteiger partial charge is 0.395 e. The van der Waals surface area contributed by atoms with Crippen molar-refractivity contribution in [2.75, 3.05) is 19.8 Å². The van der Waals surface area contributed by atoms with Crippen LogP contribution in [0.3, 0.4) is 0 Å². The maximum Gasteiger partial charge on any atom is 0.0598 e. The second-order valence-corrected chi connectivity index (χ2v) is 4.58. The molecule has 0 amide bonds. The monoisotopic (exact) mass is 203 g/mol. The van der Waals surface area contributed by atoms with Crippen LogP contribution in [0.5, 0.6) is 0 Å². The molecular weight excluding hydrogens is 178 g/mol. The van der Waals surface area contributed by atoms with Crippen LogP contribution in [0.25, 0.3) is 0 Å². The van der Waals surface area contributed by atoms with Gasteiger partial charge in [0.1, 0.15) is 0 Å². The van der Waals surface area contributed by atoms with Crippen molar-refractivity contribution in [2.24, 2.45) is 0 Å². The molecule has 3 nitrogen and oxygen atoms in total. The summed E-state index contributed by atoms with van der Waals surface area (Å²) in [5.41, 5.74) is -0.0786. The first-order valence-corrected chi connectivity index (χ1v) is 5.47. The molecule has 0 heterocycles. The molecule has 0 aromatic carbocycles. The lowest BCUT2D eigenvalue weighted by atomic mass is 10.2. The molecule has 86 valence electrons. The Morgan fingerprint density at radius 2 is 2.00 bits per heavy atom. The number of ether oxygens (including phenoxy) is 1. The summed E-state index contributed by atoms with van der Waals surface area (Å²) in [5.74, 6) is 0. The van der Waals surface area contributed by atoms with Crippen molar-refractivity contribution in [2.45, 2.75) is 52.2 Å². The maximum absolute atomic E-state index is 9.06. The lowest BCUT2D eigenvalue weighted by Gasteiger charge is -2.22. The van der Waals surface area contributed by atoms with Gasteiger partial charge in [0, 0.05) is 12.6 Å². The van der Waals surface area contributed by atoms with E-state index in [0.717, 1.165) is 19.4 Å². The van der Waals surface area contributed by atoms with E-state index in [1.807, 2.05) is 20.8 Å². The van der Waals surface area contributed by atoms with E-state index in [9.17, 15) is 0 Å². The number of aliphatic hydroxyl groups excluding tert-OH is 1. The van der Waals surface area contributed by atoms with Crippen molar-refractivity contribution in [1.29, 1.82) is 0 Å². The van der Waals surface area contributed by atoms with E-state index in [0.29, 0.717) is 6.61 Å². The Labute approximate surface area is 87.8 Å². The highest BCUT2D eigenvalue weighted by atomic mass is 16.5. The lowest BCUT2D eigenvalue weighted by Crippen LogP contribution is -2.35. The fraction of sp³-hybridized carbons (Fsp3) is 1.00. The minimum atomic E-state index is -0.0786. The van der Waals surface area contributed by atoms with E-state index in [-0.39, 0.29) is 18.2 Å². The molecule has 3 heteroatoms. The second-order valence-electron chi connectivity index (χ2n) is 4.58. The SMILES string of the molecule is CCCNC(CO)CCOC(C)(C)C. The third kappa shape index (κ3) is 8.48. The van der Waals surface area contributed by atoms with Crippen LogP contribution >= 0.6 is 0 Å². The van der Waals surface area contributed by atoms with Crippen LogP contribution in [0.1, 0.15) is 40.5 Å². The van der Waals surface area contributed by atoms with Gasteiger partial charge in [-0.3, -0.25) is 0 Å². The van der Waals surface area contributed by atoms with Gasteiger partial charge in [0.15, 0.2) is 0 Å². The zero-order valence-corrected chi connectivity index (χ0v) is 9.97. The molecule has 0 aromatic heterocycles. The molecule has 1 unspecified atom stereocenters. The third-order valence-electron chi connectivity index (χ3n) is 1.90. The van der Waals surface area contributed by atoms with Crippen LogP contribution in [-0.2, 0) is 4.74 Å². The van der Waals surface area contributed by atoms with E-state index < -0.39 is 0 Å². The van der Waals surface area contributed by atoms with Crippen molar-refractivity contribution in [3.05, 3.63) is 0 Å². The fourth-order valence-corrected chi connectivity index (χ4v) is 1.11. The Balaban J connectivity index is 3.52. The topological polar surface area (TPSA) is 41.5 Å². The molecule has 2 N–H and O–H groups in total. The quantitative estimate of drug-likeness (QED) is 0.659. The van der Waals surface area contributed by atoms with Gasteiger partial charge in [-0.15, -0.1) is 0 Å². The molecule has 14 heavy (non-hydrogen) atoms. The van der Waals surface area contributed by atoms with Gasteiger partial charge in [-0.1, -0.05) is 6.92 Å². The first-order chi connectivity index (χ1) is 6.49. The molecule has 0 radical (unpaired) electrons. The zero-order chi connectivity index (χ0) is 11.0. The molecule has 0 aromatic rings. The van der Waals surface area contributed by atoms with Crippen LogP contribution in [0.2, 0.25) is 0 Å². The molecule has 0 aliphatic heterocycles. The standard InChI is InChI=1S/C11H25NO2/c1-5-7-12-10(9-13)6-8-14-11(2,3)4/h10,12-13H,5-9H2,1-4H3. The first-order valence-electron chi connectivity index (χ1n) is 5.47. The van der Waals surface area contributed by atoms with Crippen molar-refractivity contribution in [3.8, 4) is 0 Å². The van der Waals surface area contributed by atoms with Crippen LogP contribution in [0.4, 0.5) is 0 Å². The molecule has 1 atom stereocenters. The second kappa shape index (κ2) is 7.21. The molecule has 0 bridgehead atoms. The van der Waals surface area contributed by atoms with Crippen molar-refractivity contribution in [1.82, 2.24) is 5.32 Å².